The second-order valence-electron chi connectivity index (χ2n) is 4.79. The van der Waals surface area contributed by atoms with Crippen LogP contribution in [0.1, 0.15) is 0 Å². The predicted octanol–water partition coefficient (Wildman–Crippen LogP) is 3.50. The number of ether oxygens (including phenoxy) is 1. The number of hydrogen-bond acceptors (Lipinski definition) is 6. The van der Waals surface area contributed by atoms with Gasteiger partial charge in [0, 0.05) is 10.9 Å². The van der Waals surface area contributed by atoms with Crippen LogP contribution in [0, 0.1) is 0 Å². The van der Waals surface area contributed by atoms with Gasteiger partial charge in [-0.05, 0) is 24.3 Å². The van der Waals surface area contributed by atoms with Crippen molar-refractivity contribution < 1.29 is 4.74 Å². The van der Waals surface area contributed by atoms with Gasteiger partial charge in [0.15, 0.2) is 0 Å². The summed E-state index contributed by atoms with van der Waals surface area (Å²) in [6.45, 7) is 0. The zero-order valence-electron chi connectivity index (χ0n) is 11.8. The molecule has 0 amide bonds. The zero-order valence-corrected chi connectivity index (χ0v) is 12.6. The molecule has 0 saturated heterocycles. The summed E-state index contributed by atoms with van der Waals surface area (Å²) in [6.07, 6.45) is 1.48. The number of aromatic nitrogens is 3. The highest BCUT2D eigenvalue weighted by atomic mass is 32.1. The number of nitrogen functional groups attached to an aromatic ring is 1. The van der Waals surface area contributed by atoms with Gasteiger partial charge >= 0.3 is 0 Å². The van der Waals surface area contributed by atoms with E-state index >= 15 is 0 Å². The highest BCUT2D eigenvalue weighted by Crippen LogP contribution is 2.36. The second kappa shape index (κ2) is 4.92. The fraction of sp³-hybridized carbons (Fsp3) is 0.0625. The number of pyridine rings is 1. The van der Waals surface area contributed by atoms with Crippen LogP contribution < -0.4 is 10.5 Å². The number of hydrogen-bond donors (Lipinski definition) is 1. The van der Waals surface area contributed by atoms with Gasteiger partial charge in [0.05, 0.1) is 23.0 Å². The van der Waals surface area contributed by atoms with Crippen LogP contribution in [-0.2, 0) is 0 Å². The molecule has 4 aromatic rings. The van der Waals surface area contributed by atoms with Crippen molar-refractivity contribution >= 4 is 37.6 Å². The molecule has 1 aromatic carbocycles. The molecule has 108 valence electrons. The third-order valence-electron chi connectivity index (χ3n) is 3.53. The van der Waals surface area contributed by atoms with Crippen LogP contribution in [0.3, 0.4) is 0 Å². The Balaban J connectivity index is 1.98. The highest BCUT2D eigenvalue weighted by Gasteiger charge is 2.13. The minimum Gasteiger partial charge on any atom is -0.496 e. The number of rotatable bonds is 2. The number of benzene rings is 1. The van der Waals surface area contributed by atoms with Crippen molar-refractivity contribution in [3.63, 3.8) is 0 Å². The van der Waals surface area contributed by atoms with Crippen molar-refractivity contribution in [1.29, 1.82) is 0 Å². The molecular formula is C16H12N4OS. The molecule has 0 unspecified atom stereocenters. The number of methoxy groups -OCH3 is 1. The lowest BCUT2D eigenvalue weighted by molar-refractivity contribution is 0.416. The fourth-order valence-electron chi connectivity index (χ4n) is 2.48. The first kappa shape index (κ1) is 13.0. The first-order valence-corrected chi connectivity index (χ1v) is 7.52. The quantitative estimate of drug-likeness (QED) is 0.613. The minimum atomic E-state index is 0.492. The van der Waals surface area contributed by atoms with Crippen molar-refractivity contribution in [1.82, 2.24) is 15.0 Å². The lowest BCUT2D eigenvalue weighted by Gasteiger charge is -2.07. The average Bonchev–Trinajstić information content (AvgIpc) is 2.94. The molecule has 3 heterocycles. The van der Waals surface area contributed by atoms with Gasteiger partial charge < -0.3 is 10.5 Å². The van der Waals surface area contributed by atoms with Gasteiger partial charge in [-0.15, -0.1) is 11.3 Å². The summed E-state index contributed by atoms with van der Waals surface area (Å²) in [5, 5.41) is 0.993. The van der Waals surface area contributed by atoms with E-state index in [-0.39, 0.29) is 0 Å². The van der Waals surface area contributed by atoms with Crippen molar-refractivity contribution in [2.24, 2.45) is 0 Å². The number of fused-ring (bicyclic) bond motifs is 3. The zero-order chi connectivity index (χ0) is 15.1. The minimum absolute atomic E-state index is 0.492. The van der Waals surface area contributed by atoms with E-state index in [1.54, 1.807) is 7.11 Å². The van der Waals surface area contributed by atoms with Crippen LogP contribution in [0.25, 0.3) is 31.7 Å². The third kappa shape index (κ3) is 1.88. The van der Waals surface area contributed by atoms with Crippen LogP contribution >= 0.6 is 11.3 Å². The first-order chi connectivity index (χ1) is 10.8. The summed E-state index contributed by atoms with van der Waals surface area (Å²) in [7, 11) is 1.66. The van der Waals surface area contributed by atoms with Gasteiger partial charge in [0.1, 0.15) is 22.7 Å². The molecule has 2 N–H and O–H groups in total. The summed E-state index contributed by atoms with van der Waals surface area (Å²) in [4.78, 5) is 14.0. The molecule has 22 heavy (non-hydrogen) atoms. The summed E-state index contributed by atoms with van der Waals surface area (Å²) < 4.78 is 6.29. The summed E-state index contributed by atoms with van der Waals surface area (Å²) in [6, 6.07) is 11.8. The predicted molar refractivity (Wildman–Crippen MR) is 89.1 cm³/mol. The fourth-order valence-corrected chi connectivity index (χ4v) is 3.51. The molecule has 5 nitrogen and oxygen atoms in total. The van der Waals surface area contributed by atoms with E-state index in [2.05, 4.69) is 9.97 Å². The van der Waals surface area contributed by atoms with Crippen LogP contribution in [0.2, 0.25) is 0 Å². The number of thiophene rings is 1. The van der Waals surface area contributed by atoms with Crippen molar-refractivity contribution in [3.8, 4) is 17.0 Å². The Labute approximate surface area is 130 Å². The second-order valence-corrected chi connectivity index (χ2v) is 5.79. The molecule has 0 aliphatic carbocycles. The van der Waals surface area contributed by atoms with Crippen molar-refractivity contribution in [2.45, 2.75) is 0 Å². The Morgan fingerprint density at radius 2 is 1.95 bits per heavy atom. The number of anilines is 1. The topological polar surface area (TPSA) is 73.9 Å². The summed E-state index contributed by atoms with van der Waals surface area (Å²) >= 11 is 1.51. The van der Waals surface area contributed by atoms with Gasteiger partial charge in [0.2, 0.25) is 0 Å². The van der Waals surface area contributed by atoms with E-state index in [1.165, 1.54) is 17.7 Å². The van der Waals surface area contributed by atoms with E-state index in [1.807, 2.05) is 36.4 Å². The molecule has 3 aromatic heterocycles. The Morgan fingerprint density at radius 1 is 1.09 bits per heavy atom. The molecule has 6 heteroatoms. The van der Waals surface area contributed by atoms with Crippen LogP contribution in [0.15, 0.2) is 42.7 Å². The lowest BCUT2D eigenvalue weighted by atomic mass is 10.1. The molecule has 0 spiro atoms. The van der Waals surface area contributed by atoms with Crippen LogP contribution in [0.4, 0.5) is 5.82 Å². The maximum absolute atomic E-state index is 5.93. The third-order valence-corrected chi connectivity index (χ3v) is 4.64. The molecule has 0 aliphatic rings. The molecule has 4 rings (SSSR count). The van der Waals surface area contributed by atoms with Gasteiger partial charge in [-0.2, -0.15) is 0 Å². The molecule has 0 atom stereocenters. The van der Waals surface area contributed by atoms with E-state index < -0.39 is 0 Å². The van der Waals surface area contributed by atoms with E-state index in [0.29, 0.717) is 5.82 Å². The molecule has 0 aliphatic heterocycles. The number of nitrogens with zero attached hydrogens (tertiary/aromatic N) is 3. The van der Waals surface area contributed by atoms with Crippen LogP contribution in [-0.4, -0.2) is 22.1 Å². The van der Waals surface area contributed by atoms with Crippen molar-refractivity contribution in [3.05, 3.63) is 42.7 Å². The number of para-hydroxylation sites is 1. The Kier molecular flexibility index (Phi) is 2.90. The molecule has 0 fully saturated rings. The lowest BCUT2D eigenvalue weighted by Crippen LogP contribution is -1.90. The summed E-state index contributed by atoms with van der Waals surface area (Å²) in [5.74, 6) is 1.29. The SMILES string of the molecule is COc1ccccc1-c1ccc2c(n1)sc1c(N)ncnc12. The smallest absolute Gasteiger partial charge is 0.144 e. The van der Waals surface area contributed by atoms with Gasteiger partial charge in [0.25, 0.3) is 0 Å². The average molecular weight is 308 g/mol. The normalized spacial score (nSPS) is 11.1. The molecule has 0 bridgehead atoms. The van der Waals surface area contributed by atoms with Crippen LogP contribution in [0.5, 0.6) is 5.75 Å². The maximum Gasteiger partial charge on any atom is 0.144 e. The largest absolute Gasteiger partial charge is 0.496 e. The Bertz CT molecular complexity index is 996. The van der Waals surface area contributed by atoms with Gasteiger partial charge in [-0.3, -0.25) is 0 Å². The summed E-state index contributed by atoms with van der Waals surface area (Å²) in [5.41, 5.74) is 8.61. The highest BCUT2D eigenvalue weighted by molar-refractivity contribution is 7.25. The van der Waals surface area contributed by atoms with Gasteiger partial charge in [-0.25, -0.2) is 15.0 Å². The Morgan fingerprint density at radius 3 is 2.82 bits per heavy atom. The molecule has 0 radical (unpaired) electrons. The van der Waals surface area contributed by atoms with E-state index in [0.717, 1.165) is 37.4 Å². The van der Waals surface area contributed by atoms with E-state index in [9.17, 15) is 0 Å². The standard InChI is InChI=1S/C16H12N4OS/c1-21-12-5-3-2-4-9(12)11-7-6-10-13-14(22-16(10)20-11)15(17)19-8-18-13/h2-8H,1H3,(H2,17,18,19). The Hall–Kier alpha value is -2.73. The molecular weight excluding hydrogens is 296 g/mol. The van der Waals surface area contributed by atoms with Gasteiger partial charge in [-0.1, -0.05) is 12.1 Å². The van der Waals surface area contributed by atoms with E-state index in [4.69, 9.17) is 15.5 Å². The maximum atomic E-state index is 5.93. The monoisotopic (exact) mass is 308 g/mol. The number of nitrogens with two attached hydrogens (primary N) is 1. The first-order valence-electron chi connectivity index (χ1n) is 6.71. The molecule has 0 saturated carbocycles. The van der Waals surface area contributed by atoms with Crippen molar-refractivity contribution in [2.75, 3.05) is 12.8 Å².